The lowest BCUT2D eigenvalue weighted by Gasteiger charge is -2.12. The maximum Gasteiger partial charge on any atom is 0.261 e. The summed E-state index contributed by atoms with van der Waals surface area (Å²) in [4.78, 5) is 11.4. The van der Waals surface area contributed by atoms with Gasteiger partial charge in [-0.2, -0.15) is 8.42 Å². The van der Waals surface area contributed by atoms with Crippen molar-refractivity contribution in [2.75, 3.05) is 13.3 Å². The molecule has 2 aromatic rings. The van der Waals surface area contributed by atoms with Gasteiger partial charge >= 0.3 is 0 Å². The molecule has 1 atom stereocenters. The molecule has 2 aromatic carbocycles. The van der Waals surface area contributed by atoms with Gasteiger partial charge in [-0.25, -0.2) is 0 Å². The highest BCUT2D eigenvalue weighted by Gasteiger charge is 2.09. The third kappa shape index (κ3) is 10.3. The number of carbonyl (C=O) groups is 1. The molecule has 28 heavy (non-hydrogen) atoms. The van der Waals surface area contributed by atoms with E-state index in [-0.39, 0.29) is 11.9 Å². The largest absolute Gasteiger partial charge is 0.489 e. The summed E-state index contributed by atoms with van der Waals surface area (Å²) in [5.74, 6) is 0.762. The number of likely N-dealkylation sites (N-methyl/N-ethyl adjacent to an activating group) is 1. The van der Waals surface area contributed by atoms with Crippen molar-refractivity contribution in [2.45, 2.75) is 26.1 Å². The van der Waals surface area contributed by atoms with Crippen LogP contribution in [0.5, 0.6) is 5.75 Å². The molecule has 0 bridgehead atoms. The van der Waals surface area contributed by atoms with Crippen molar-refractivity contribution in [2.24, 2.45) is 0 Å². The minimum atomic E-state index is -3.67. The van der Waals surface area contributed by atoms with Gasteiger partial charge in [0.25, 0.3) is 10.1 Å². The smallest absolute Gasteiger partial charge is 0.261 e. The van der Waals surface area contributed by atoms with E-state index in [1.807, 2.05) is 55.5 Å². The summed E-state index contributed by atoms with van der Waals surface area (Å²) in [5.41, 5.74) is 2.05. The van der Waals surface area contributed by atoms with E-state index in [1.54, 1.807) is 7.05 Å². The Morgan fingerprint density at radius 3 is 2.29 bits per heavy atom. The highest BCUT2D eigenvalue weighted by Crippen LogP contribution is 2.19. The van der Waals surface area contributed by atoms with Crippen LogP contribution in [0.1, 0.15) is 18.1 Å². The number of ether oxygens (including phenoxy) is 1. The van der Waals surface area contributed by atoms with Crippen LogP contribution in [0.3, 0.4) is 0 Å². The van der Waals surface area contributed by atoms with Crippen LogP contribution >= 0.6 is 11.6 Å². The molecular formula is C19H25ClN2O5S. The lowest BCUT2D eigenvalue weighted by Crippen LogP contribution is -2.40. The summed E-state index contributed by atoms with van der Waals surface area (Å²) in [6, 6.07) is 15.2. The number of benzene rings is 2. The van der Waals surface area contributed by atoms with Gasteiger partial charge in [0.05, 0.1) is 12.3 Å². The number of rotatable bonds is 7. The number of hydrogen-bond acceptors (Lipinski definition) is 5. The first-order valence-corrected chi connectivity index (χ1v) is 10.7. The standard InChI is InChI=1S/C18H21ClN2O2.CH4O3S/c1-13(18(22)20-2)21-11-14-7-9-16(10-8-14)23-12-15-5-3-4-6-17(15)19;1-5(2,3)4/h3-10,13,21H,11-12H2,1-2H3,(H,20,22);1H3,(H,2,3,4). The van der Waals surface area contributed by atoms with Gasteiger partial charge in [-0.1, -0.05) is 41.9 Å². The first-order chi connectivity index (χ1) is 13.1. The van der Waals surface area contributed by atoms with Crippen molar-refractivity contribution in [3.63, 3.8) is 0 Å². The lowest BCUT2D eigenvalue weighted by molar-refractivity contribution is -0.122. The molecule has 154 valence electrons. The second-order valence-electron chi connectivity index (χ2n) is 5.97. The van der Waals surface area contributed by atoms with Gasteiger partial charge in [0.2, 0.25) is 5.91 Å². The molecular weight excluding hydrogens is 404 g/mol. The number of hydrogen-bond donors (Lipinski definition) is 3. The number of amides is 1. The van der Waals surface area contributed by atoms with Gasteiger partial charge < -0.3 is 15.4 Å². The van der Waals surface area contributed by atoms with Crippen molar-refractivity contribution in [3.8, 4) is 5.75 Å². The number of carbonyl (C=O) groups excluding carboxylic acids is 1. The van der Waals surface area contributed by atoms with Crippen LogP contribution in [0.4, 0.5) is 0 Å². The first kappa shape index (κ1) is 23.9. The quantitative estimate of drug-likeness (QED) is 0.585. The maximum absolute atomic E-state index is 11.4. The molecule has 9 heteroatoms. The second kappa shape index (κ2) is 11.7. The van der Waals surface area contributed by atoms with Gasteiger partial charge in [-0.05, 0) is 30.7 Å². The average molecular weight is 429 g/mol. The van der Waals surface area contributed by atoms with E-state index in [1.165, 1.54) is 0 Å². The Morgan fingerprint density at radius 1 is 1.18 bits per heavy atom. The Kier molecular flexibility index (Phi) is 9.95. The molecule has 0 aliphatic rings. The van der Waals surface area contributed by atoms with Crippen LogP contribution < -0.4 is 15.4 Å². The van der Waals surface area contributed by atoms with Crippen LogP contribution in [-0.2, 0) is 28.1 Å². The Bertz CT molecular complexity index is 849. The topological polar surface area (TPSA) is 105 Å². The zero-order chi connectivity index (χ0) is 21.2. The molecule has 2 rings (SSSR count). The Morgan fingerprint density at radius 2 is 1.75 bits per heavy atom. The van der Waals surface area contributed by atoms with E-state index in [9.17, 15) is 13.2 Å². The van der Waals surface area contributed by atoms with Crippen LogP contribution in [0, 0.1) is 0 Å². The minimum Gasteiger partial charge on any atom is -0.489 e. The number of halogens is 1. The third-order valence-electron chi connectivity index (χ3n) is 3.53. The Labute approximate surface area is 170 Å². The predicted octanol–water partition coefficient (Wildman–Crippen LogP) is 2.65. The molecule has 0 aliphatic carbocycles. The minimum absolute atomic E-state index is 0.0234. The van der Waals surface area contributed by atoms with Gasteiger partial charge in [0.1, 0.15) is 12.4 Å². The summed E-state index contributed by atoms with van der Waals surface area (Å²) in [7, 11) is -2.04. The summed E-state index contributed by atoms with van der Waals surface area (Å²) in [6.07, 6.45) is 0.715. The monoisotopic (exact) mass is 428 g/mol. The number of nitrogens with one attached hydrogen (secondary N) is 2. The first-order valence-electron chi connectivity index (χ1n) is 8.42. The van der Waals surface area contributed by atoms with E-state index >= 15 is 0 Å². The Hall–Kier alpha value is -2.13. The van der Waals surface area contributed by atoms with Crippen LogP contribution in [0.25, 0.3) is 0 Å². The summed E-state index contributed by atoms with van der Waals surface area (Å²) in [5, 5.41) is 6.48. The van der Waals surface area contributed by atoms with Gasteiger partial charge in [-0.3, -0.25) is 9.35 Å². The average Bonchev–Trinajstić information content (AvgIpc) is 2.64. The van der Waals surface area contributed by atoms with Crippen LogP contribution in [-0.4, -0.2) is 38.2 Å². The summed E-state index contributed by atoms with van der Waals surface area (Å²) >= 11 is 6.10. The fourth-order valence-electron chi connectivity index (χ4n) is 2.06. The van der Waals surface area contributed by atoms with E-state index in [0.29, 0.717) is 24.4 Å². The highest BCUT2D eigenvalue weighted by molar-refractivity contribution is 7.85. The normalized spacial score (nSPS) is 11.8. The lowest BCUT2D eigenvalue weighted by atomic mass is 10.2. The molecule has 1 amide bonds. The second-order valence-corrected chi connectivity index (χ2v) is 7.85. The van der Waals surface area contributed by atoms with E-state index in [0.717, 1.165) is 16.9 Å². The van der Waals surface area contributed by atoms with Crippen molar-refractivity contribution in [1.82, 2.24) is 10.6 Å². The molecule has 0 aromatic heterocycles. The predicted molar refractivity (Wildman–Crippen MR) is 110 cm³/mol. The van der Waals surface area contributed by atoms with Crippen molar-refractivity contribution in [3.05, 3.63) is 64.7 Å². The molecule has 0 fully saturated rings. The zero-order valence-corrected chi connectivity index (χ0v) is 17.5. The van der Waals surface area contributed by atoms with Crippen molar-refractivity contribution < 1.29 is 22.5 Å². The summed E-state index contributed by atoms with van der Waals surface area (Å²) < 4.78 is 31.6. The zero-order valence-electron chi connectivity index (χ0n) is 16.0. The van der Waals surface area contributed by atoms with Gasteiger partial charge in [0.15, 0.2) is 0 Å². The molecule has 0 aliphatic heterocycles. The van der Waals surface area contributed by atoms with Crippen molar-refractivity contribution >= 4 is 27.6 Å². The molecule has 3 N–H and O–H groups in total. The van der Waals surface area contributed by atoms with E-state index < -0.39 is 10.1 Å². The molecule has 1 unspecified atom stereocenters. The van der Waals surface area contributed by atoms with Gasteiger partial charge in [0, 0.05) is 24.2 Å². The summed E-state index contributed by atoms with van der Waals surface area (Å²) in [6.45, 7) is 2.89. The fraction of sp³-hybridized carbons (Fsp3) is 0.316. The molecule has 7 nitrogen and oxygen atoms in total. The van der Waals surface area contributed by atoms with E-state index in [2.05, 4.69) is 10.6 Å². The molecule has 0 saturated carbocycles. The maximum atomic E-state index is 11.4. The van der Waals surface area contributed by atoms with Crippen LogP contribution in [0.2, 0.25) is 5.02 Å². The molecule has 0 saturated heterocycles. The third-order valence-corrected chi connectivity index (χ3v) is 3.90. The van der Waals surface area contributed by atoms with Crippen molar-refractivity contribution in [1.29, 1.82) is 0 Å². The highest BCUT2D eigenvalue weighted by atomic mass is 35.5. The molecule has 0 heterocycles. The molecule has 0 spiro atoms. The SMILES string of the molecule is CNC(=O)C(C)NCc1ccc(OCc2ccccc2Cl)cc1.CS(=O)(=O)O. The fourth-order valence-corrected chi connectivity index (χ4v) is 2.25. The molecule has 0 radical (unpaired) electrons. The van der Waals surface area contributed by atoms with E-state index in [4.69, 9.17) is 20.9 Å². The Balaban J connectivity index is 0.000000696. The van der Waals surface area contributed by atoms with Crippen LogP contribution in [0.15, 0.2) is 48.5 Å². The van der Waals surface area contributed by atoms with Gasteiger partial charge in [-0.15, -0.1) is 0 Å².